The topological polar surface area (TPSA) is 71.4 Å². The van der Waals surface area contributed by atoms with Crippen molar-refractivity contribution >= 4 is 12.6 Å². The summed E-state index contributed by atoms with van der Waals surface area (Å²) in [5.41, 5.74) is -1.33. The van der Waals surface area contributed by atoms with Crippen LogP contribution in [0.2, 0.25) is 0 Å². The minimum atomic E-state index is -1.10. The summed E-state index contributed by atoms with van der Waals surface area (Å²) in [6, 6.07) is 7.21. The zero-order chi connectivity index (χ0) is 19.2. The monoisotopic (exact) mass is 365 g/mol. The number of benzene rings is 1. The Morgan fingerprint density at radius 3 is 2.31 bits per heavy atom. The third-order valence-electron chi connectivity index (χ3n) is 5.04. The van der Waals surface area contributed by atoms with E-state index < -0.39 is 18.3 Å². The Morgan fingerprint density at radius 1 is 1.12 bits per heavy atom. The molecule has 0 bridgehead atoms. The Balaban J connectivity index is 1.76. The average molecular weight is 365 g/mol. The van der Waals surface area contributed by atoms with Crippen molar-refractivity contribution in [2.45, 2.75) is 45.3 Å². The van der Waals surface area contributed by atoms with Gasteiger partial charge in [-0.15, -0.1) is 0 Å². The van der Waals surface area contributed by atoms with E-state index in [1.54, 1.807) is 39.8 Å². The number of rotatable bonds is 9. The summed E-state index contributed by atoms with van der Waals surface area (Å²) < 4.78 is 16.7. The first-order valence-corrected chi connectivity index (χ1v) is 9.30. The van der Waals surface area contributed by atoms with E-state index in [1.807, 2.05) is 12.1 Å². The number of nitrogens with zero attached hydrogens (tertiary/aromatic N) is 1. The van der Waals surface area contributed by atoms with E-state index >= 15 is 0 Å². The Labute approximate surface area is 157 Å². The second kappa shape index (κ2) is 9.19. The van der Waals surface area contributed by atoms with E-state index in [9.17, 15) is 10.1 Å². The summed E-state index contributed by atoms with van der Waals surface area (Å²) in [5, 5.41) is 20.4. The van der Waals surface area contributed by atoms with Crippen molar-refractivity contribution in [3.63, 3.8) is 0 Å². The van der Waals surface area contributed by atoms with Gasteiger partial charge in [-0.3, -0.25) is 4.90 Å². The second-order valence-corrected chi connectivity index (χ2v) is 7.76. The van der Waals surface area contributed by atoms with Crippen molar-refractivity contribution in [2.75, 3.05) is 39.5 Å². The fourth-order valence-corrected chi connectivity index (χ4v) is 2.52. The molecular formula is C19H32BNO5. The van der Waals surface area contributed by atoms with Gasteiger partial charge in [0.25, 0.3) is 0 Å². The molecule has 0 amide bonds. The van der Waals surface area contributed by atoms with Crippen molar-refractivity contribution in [2.24, 2.45) is 0 Å². The van der Waals surface area contributed by atoms with Crippen LogP contribution in [-0.4, -0.2) is 72.8 Å². The van der Waals surface area contributed by atoms with Crippen LogP contribution in [0.1, 0.15) is 34.1 Å². The fraction of sp³-hybridized carbons (Fsp3) is 0.684. The van der Waals surface area contributed by atoms with Gasteiger partial charge in [-0.1, -0.05) is 12.1 Å². The highest BCUT2D eigenvalue weighted by Crippen LogP contribution is 2.25. The molecule has 2 N–H and O–H groups in total. The first-order valence-electron chi connectivity index (χ1n) is 9.30. The summed E-state index contributed by atoms with van der Waals surface area (Å²) in [4.78, 5) is 2.38. The molecular weight excluding hydrogens is 333 g/mol. The van der Waals surface area contributed by atoms with Gasteiger partial charge in [-0.2, -0.15) is 0 Å². The third-order valence-corrected chi connectivity index (χ3v) is 5.04. The first-order chi connectivity index (χ1) is 12.2. The molecule has 0 aromatic heterocycles. The van der Waals surface area contributed by atoms with Gasteiger partial charge in [-0.05, 0) is 51.7 Å². The van der Waals surface area contributed by atoms with Crippen molar-refractivity contribution in [1.29, 1.82) is 0 Å². The van der Waals surface area contributed by atoms with E-state index in [0.29, 0.717) is 12.1 Å². The van der Waals surface area contributed by atoms with Crippen LogP contribution in [0, 0.1) is 0 Å². The van der Waals surface area contributed by atoms with Crippen molar-refractivity contribution in [3.05, 3.63) is 24.3 Å². The highest BCUT2D eigenvalue weighted by molar-refractivity contribution is 6.60. The van der Waals surface area contributed by atoms with Gasteiger partial charge in [0.15, 0.2) is 0 Å². The lowest BCUT2D eigenvalue weighted by Gasteiger charge is -2.38. The average Bonchev–Trinajstić information content (AvgIpc) is 2.59. The third kappa shape index (κ3) is 6.25. The van der Waals surface area contributed by atoms with Crippen LogP contribution < -0.4 is 10.2 Å². The van der Waals surface area contributed by atoms with E-state index in [2.05, 4.69) is 4.90 Å². The zero-order valence-corrected chi connectivity index (χ0v) is 16.4. The second-order valence-electron chi connectivity index (χ2n) is 7.76. The van der Waals surface area contributed by atoms with Crippen LogP contribution in [0.4, 0.5) is 0 Å². The minimum Gasteiger partial charge on any atom is -0.494 e. The highest BCUT2D eigenvalue weighted by atomic mass is 16.5. The first kappa shape index (κ1) is 21.2. The van der Waals surface area contributed by atoms with Gasteiger partial charge in [0.05, 0.1) is 31.0 Å². The molecule has 0 radical (unpaired) electrons. The molecule has 1 aromatic rings. The number of hydrogen-bond acceptors (Lipinski definition) is 6. The Hall–Kier alpha value is -1.12. The standard InChI is InChI=1S/C19H32BNO5/c1-18(2,22)19(3,4)26-20(23)16-6-8-17(9-7-16)25-13-5-10-21-11-14-24-15-12-21/h6-9,22-23H,5,10-15H2,1-4H3. The normalized spacial score (nSPS) is 16.5. The molecule has 0 spiro atoms. The van der Waals surface area contributed by atoms with Gasteiger partial charge in [0.2, 0.25) is 0 Å². The molecule has 7 heteroatoms. The largest absolute Gasteiger partial charge is 0.494 e. The van der Waals surface area contributed by atoms with Gasteiger partial charge in [-0.25, -0.2) is 0 Å². The maximum Gasteiger partial charge on any atom is 0.491 e. The van der Waals surface area contributed by atoms with Crippen LogP contribution in [-0.2, 0) is 9.39 Å². The van der Waals surface area contributed by atoms with E-state index in [-0.39, 0.29) is 0 Å². The molecule has 146 valence electrons. The molecule has 0 unspecified atom stereocenters. The summed E-state index contributed by atoms with van der Waals surface area (Å²) in [7, 11) is -1.10. The SMILES string of the molecule is CC(C)(O)C(C)(C)OB(O)c1ccc(OCCCN2CCOCC2)cc1. The summed E-state index contributed by atoms with van der Waals surface area (Å²) >= 11 is 0. The van der Waals surface area contributed by atoms with E-state index in [1.165, 1.54) is 0 Å². The number of morpholine rings is 1. The van der Waals surface area contributed by atoms with Gasteiger partial charge in [0.1, 0.15) is 5.75 Å². The van der Waals surface area contributed by atoms with Crippen LogP contribution in [0.15, 0.2) is 24.3 Å². The predicted molar refractivity (Wildman–Crippen MR) is 103 cm³/mol. The number of aliphatic hydroxyl groups is 1. The highest BCUT2D eigenvalue weighted by Gasteiger charge is 2.39. The van der Waals surface area contributed by atoms with Crippen LogP contribution in [0.3, 0.4) is 0 Å². The van der Waals surface area contributed by atoms with E-state index in [0.717, 1.165) is 45.0 Å². The molecule has 26 heavy (non-hydrogen) atoms. The lowest BCUT2D eigenvalue weighted by molar-refractivity contribution is -0.0982. The summed E-state index contributed by atoms with van der Waals surface area (Å²) in [6.45, 7) is 12.1. The Morgan fingerprint density at radius 2 is 1.73 bits per heavy atom. The molecule has 1 heterocycles. The maximum absolute atomic E-state index is 10.3. The lowest BCUT2D eigenvalue weighted by Crippen LogP contribution is -2.53. The van der Waals surface area contributed by atoms with Crippen molar-refractivity contribution in [3.8, 4) is 5.75 Å². The molecule has 1 aliphatic heterocycles. The minimum absolute atomic E-state index is 0.628. The zero-order valence-electron chi connectivity index (χ0n) is 16.4. The fourth-order valence-electron chi connectivity index (χ4n) is 2.52. The molecule has 1 aromatic carbocycles. The number of ether oxygens (including phenoxy) is 2. The predicted octanol–water partition coefficient (Wildman–Crippen LogP) is 1.04. The van der Waals surface area contributed by atoms with E-state index in [4.69, 9.17) is 14.1 Å². The van der Waals surface area contributed by atoms with Gasteiger partial charge < -0.3 is 24.3 Å². The molecule has 1 saturated heterocycles. The molecule has 0 atom stereocenters. The van der Waals surface area contributed by atoms with Gasteiger partial charge >= 0.3 is 7.12 Å². The quantitative estimate of drug-likeness (QED) is 0.503. The Kier molecular flexibility index (Phi) is 7.49. The van der Waals surface area contributed by atoms with Crippen LogP contribution in [0.25, 0.3) is 0 Å². The van der Waals surface area contributed by atoms with Gasteiger partial charge in [0, 0.05) is 19.6 Å². The van der Waals surface area contributed by atoms with Crippen LogP contribution >= 0.6 is 0 Å². The molecule has 1 fully saturated rings. The molecule has 2 rings (SSSR count). The summed E-state index contributed by atoms with van der Waals surface area (Å²) in [5.74, 6) is 0.768. The molecule has 6 nitrogen and oxygen atoms in total. The summed E-state index contributed by atoms with van der Waals surface area (Å²) in [6.07, 6.45) is 0.966. The van der Waals surface area contributed by atoms with Crippen molar-refractivity contribution < 1.29 is 24.3 Å². The maximum atomic E-state index is 10.3. The molecule has 1 aliphatic rings. The smallest absolute Gasteiger partial charge is 0.491 e. The lowest BCUT2D eigenvalue weighted by atomic mass is 9.76. The Bertz CT molecular complexity index is 538. The van der Waals surface area contributed by atoms with Crippen molar-refractivity contribution in [1.82, 2.24) is 4.90 Å². The molecule has 0 aliphatic carbocycles. The number of hydrogen-bond donors (Lipinski definition) is 2. The molecule has 0 saturated carbocycles. The van der Waals surface area contributed by atoms with Crippen LogP contribution in [0.5, 0.6) is 5.75 Å².